The first-order chi connectivity index (χ1) is 8.79. The lowest BCUT2D eigenvalue weighted by molar-refractivity contribution is 0.360. The first-order valence-corrected chi connectivity index (χ1v) is 7.69. The number of aromatic nitrogens is 1. The second kappa shape index (κ2) is 5.26. The van der Waals surface area contributed by atoms with Crippen molar-refractivity contribution in [3.05, 3.63) is 22.8 Å². The molecule has 0 aromatic carbocycles. The molecule has 2 aliphatic rings. The van der Waals surface area contributed by atoms with Crippen LogP contribution in [0.2, 0.25) is 5.02 Å². The molecule has 2 nitrogen and oxygen atoms in total. The molecule has 1 aliphatic heterocycles. The molecule has 18 heavy (non-hydrogen) atoms. The van der Waals surface area contributed by atoms with Gasteiger partial charge in [0.2, 0.25) is 0 Å². The van der Waals surface area contributed by atoms with Crippen molar-refractivity contribution in [2.45, 2.75) is 44.0 Å². The third kappa shape index (κ3) is 2.21. The molecule has 0 bridgehead atoms. The molecule has 0 radical (unpaired) electrons. The zero-order valence-electron chi connectivity index (χ0n) is 10.4. The Morgan fingerprint density at radius 1 is 1.22 bits per heavy atom. The van der Waals surface area contributed by atoms with Gasteiger partial charge < -0.3 is 4.90 Å². The summed E-state index contributed by atoms with van der Waals surface area (Å²) in [6, 6.07) is 4.66. The van der Waals surface area contributed by atoms with Crippen molar-refractivity contribution in [3.8, 4) is 0 Å². The summed E-state index contributed by atoms with van der Waals surface area (Å²) in [5.41, 5.74) is 0.802. The molecule has 1 saturated carbocycles. The summed E-state index contributed by atoms with van der Waals surface area (Å²) in [6.07, 6.45) is 6.73. The summed E-state index contributed by atoms with van der Waals surface area (Å²) < 4.78 is 0. The third-order valence-corrected chi connectivity index (χ3v) is 4.92. The molecule has 2 heterocycles. The number of pyridine rings is 1. The lowest BCUT2D eigenvalue weighted by atomic mass is 9.92. The van der Waals surface area contributed by atoms with E-state index in [1.165, 1.54) is 32.1 Å². The van der Waals surface area contributed by atoms with Crippen LogP contribution in [0, 0.1) is 5.92 Å². The van der Waals surface area contributed by atoms with Crippen LogP contribution in [-0.2, 0) is 5.88 Å². The van der Waals surface area contributed by atoms with Gasteiger partial charge in [-0.3, -0.25) is 0 Å². The van der Waals surface area contributed by atoms with Crippen LogP contribution in [0.5, 0.6) is 0 Å². The first-order valence-electron chi connectivity index (χ1n) is 6.77. The van der Waals surface area contributed by atoms with Gasteiger partial charge in [-0.25, -0.2) is 4.98 Å². The predicted octanol–water partition coefficient (Wildman–Crippen LogP) is 4.24. The Labute approximate surface area is 118 Å². The van der Waals surface area contributed by atoms with E-state index in [4.69, 9.17) is 23.2 Å². The van der Waals surface area contributed by atoms with Crippen LogP contribution in [0.4, 0.5) is 5.82 Å². The molecular formula is C14H18Cl2N2. The van der Waals surface area contributed by atoms with Crippen LogP contribution in [0.25, 0.3) is 0 Å². The summed E-state index contributed by atoms with van der Waals surface area (Å²) in [5.74, 6) is 2.32. The number of hydrogen-bond donors (Lipinski definition) is 0. The number of nitrogens with zero attached hydrogens (tertiary/aromatic N) is 2. The van der Waals surface area contributed by atoms with Crippen molar-refractivity contribution in [1.82, 2.24) is 4.98 Å². The number of piperidine rings is 1. The largest absolute Gasteiger partial charge is 0.353 e. The van der Waals surface area contributed by atoms with Gasteiger partial charge in [-0.05, 0) is 43.7 Å². The maximum atomic E-state index is 6.08. The van der Waals surface area contributed by atoms with Crippen LogP contribution < -0.4 is 4.90 Å². The van der Waals surface area contributed by atoms with Gasteiger partial charge in [0.15, 0.2) is 0 Å². The number of alkyl halides is 1. The lowest BCUT2D eigenvalue weighted by Crippen LogP contribution is -2.43. The molecule has 2 atom stereocenters. The van der Waals surface area contributed by atoms with E-state index in [0.717, 1.165) is 24.0 Å². The van der Waals surface area contributed by atoms with Gasteiger partial charge in [-0.1, -0.05) is 18.0 Å². The summed E-state index contributed by atoms with van der Waals surface area (Å²) in [5, 5.41) is 0.675. The fourth-order valence-corrected chi connectivity index (χ4v) is 3.91. The second-order valence-electron chi connectivity index (χ2n) is 5.33. The van der Waals surface area contributed by atoms with Crippen molar-refractivity contribution in [3.63, 3.8) is 0 Å². The van der Waals surface area contributed by atoms with Crippen LogP contribution in [-0.4, -0.2) is 17.6 Å². The quantitative estimate of drug-likeness (QED) is 0.755. The van der Waals surface area contributed by atoms with E-state index in [0.29, 0.717) is 16.9 Å². The van der Waals surface area contributed by atoms with E-state index in [1.807, 2.05) is 12.1 Å². The Morgan fingerprint density at radius 3 is 2.89 bits per heavy atom. The second-order valence-corrected chi connectivity index (χ2v) is 6.00. The van der Waals surface area contributed by atoms with E-state index < -0.39 is 0 Å². The maximum Gasteiger partial charge on any atom is 0.129 e. The van der Waals surface area contributed by atoms with Crippen molar-refractivity contribution < 1.29 is 0 Å². The van der Waals surface area contributed by atoms with Gasteiger partial charge in [0, 0.05) is 12.6 Å². The molecule has 2 unspecified atom stereocenters. The molecular weight excluding hydrogens is 267 g/mol. The minimum absolute atomic E-state index is 0.384. The van der Waals surface area contributed by atoms with Gasteiger partial charge >= 0.3 is 0 Å². The molecule has 1 aromatic heterocycles. The highest BCUT2D eigenvalue weighted by Crippen LogP contribution is 2.38. The first kappa shape index (κ1) is 12.6. The minimum Gasteiger partial charge on any atom is -0.353 e. The molecule has 1 aliphatic carbocycles. The minimum atomic E-state index is 0.384. The van der Waals surface area contributed by atoms with E-state index >= 15 is 0 Å². The Hall–Kier alpha value is -0.470. The number of fused-ring (bicyclic) bond motifs is 1. The molecule has 0 N–H and O–H groups in total. The lowest BCUT2D eigenvalue weighted by Gasteiger charge is -2.38. The average Bonchev–Trinajstić information content (AvgIpc) is 2.87. The zero-order chi connectivity index (χ0) is 12.5. The summed E-state index contributed by atoms with van der Waals surface area (Å²) >= 11 is 12.0. The molecule has 98 valence electrons. The molecule has 1 aromatic rings. The number of anilines is 1. The van der Waals surface area contributed by atoms with Gasteiger partial charge in [-0.2, -0.15) is 0 Å². The van der Waals surface area contributed by atoms with Crippen LogP contribution >= 0.6 is 23.2 Å². The Morgan fingerprint density at radius 2 is 2.06 bits per heavy atom. The predicted molar refractivity (Wildman–Crippen MR) is 76.5 cm³/mol. The van der Waals surface area contributed by atoms with Gasteiger partial charge in [-0.15, -0.1) is 11.6 Å². The van der Waals surface area contributed by atoms with E-state index in [1.54, 1.807) is 0 Å². The average molecular weight is 285 g/mol. The zero-order valence-corrected chi connectivity index (χ0v) is 11.9. The van der Waals surface area contributed by atoms with Crippen molar-refractivity contribution in [2.75, 3.05) is 11.4 Å². The summed E-state index contributed by atoms with van der Waals surface area (Å²) in [7, 11) is 0. The van der Waals surface area contributed by atoms with Crippen LogP contribution in [0.1, 0.15) is 37.8 Å². The van der Waals surface area contributed by atoms with Gasteiger partial charge in [0.25, 0.3) is 0 Å². The molecule has 0 amide bonds. The number of hydrogen-bond acceptors (Lipinski definition) is 2. The molecule has 2 fully saturated rings. The Balaban J connectivity index is 1.89. The SMILES string of the molecule is ClCc1nc(N2CCCC3CCCC32)ccc1Cl. The summed E-state index contributed by atoms with van der Waals surface area (Å²) in [4.78, 5) is 7.12. The van der Waals surface area contributed by atoms with E-state index in [-0.39, 0.29) is 0 Å². The smallest absolute Gasteiger partial charge is 0.129 e. The Bertz CT molecular complexity index is 436. The van der Waals surface area contributed by atoms with Crippen molar-refractivity contribution in [1.29, 1.82) is 0 Å². The fraction of sp³-hybridized carbons (Fsp3) is 0.643. The molecule has 1 saturated heterocycles. The highest BCUT2D eigenvalue weighted by atomic mass is 35.5. The monoisotopic (exact) mass is 284 g/mol. The fourth-order valence-electron chi connectivity index (χ4n) is 3.46. The van der Waals surface area contributed by atoms with Crippen LogP contribution in [0.15, 0.2) is 12.1 Å². The van der Waals surface area contributed by atoms with Crippen molar-refractivity contribution >= 4 is 29.0 Å². The topological polar surface area (TPSA) is 16.1 Å². The third-order valence-electron chi connectivity index (χ3n) is 4.32. The summed E-state index contributed by atoms with van der Waals surface area (Å²) in [6.45, 7) is 1.12. The van der Waals surface area contributed by atoms with Gasteiger partial charge in [0.05, 0.1) is 16.6 Å². The molecule has 0 spiro atoms. The molecule has 4 heteroatoms. The highest BCUT2D eigenvalue weighted by Gasteiger charge is 2.35. The normalized spacial score (nSPS) is 27.3. The Kier molecular flexibility index (Phi) is 3.67. The van der Waals surface area contributed by atoms with Gasteiger partial charge in [0.1, 0.15) is 5.82 Å². The number of halogens is 2. The standard InChI is InChI=1S/C14H18Cl2N2/c15-9-12-11(16)6-7-14(17-12)18-8-2-4-10-3-1-5-13(10)18/h6-7,10,13H,1-5,8-9H2. The van der Waals surface area contributed by atoms with Crippen LogP contribution in [0.3, 0.4) is 0 Å². The van der Waals surface area contributed by atoms with Crippen molar-refractivity contribution in [2.24, 2.45) is 5.92 Å². The van der Waals surface area contributed by atoms with E-state index in [2.05, 4.69) is 9.88 Å². The van der Waals surface area contributed by atoms with E-state index in [9.17, 15) is 0 Å². The number of rotatable bonds is 2. The highest BCUT2D eigenvalue weighted by molar-refractivity contribution is 6.32. The maximum absolute atomic E-state index is 6.08. The molecule has 3 rings (SSSR count).